The number of amides is 1. The number of hydrogen-bond donors (Lipinski definition) is 4. The Morgan fingerprint density at radius 2 is 1.79 bits per heavy atom. The Morgan fingerprint density at radius 1 is 1.16 bits per heavy atom. The van der Waals surface area contributed by atoms with Gasteiger partial charge in [0.2, 0.25) is 0 Å². The molecule has 6 nitrogen and oxygen atoms in total. The van der Waals surface area contributed by atoms with Crippen molar-refractivity contribution < 1.29 is 24.9 Å². The zero-order valence-corrected chi connectivity index (χ0v) is 10.2. The summed E-state index contributed by atoms with van der Waals surface area (Å²) in [5, 5.41) is 30.6. The van der Waals surface area contributed by atoms with E-state index in [1.807, 2.05) is 0 Å². The summed E-state index contributed by atoms with van der Waals surface area (Å²) in [6.45, 7) is 0. The van der Waals surface area contributed by atoms with Crippen molar-refractivity contribution in [1.82, 2.24) is 5.32 Å². The molecule has 1 fully saturated rings. The first kappa shape index (κ1) is 13.2. The van der Waals surface area contributed by atoms with Gasteiger partial charge in [-0.15, -0.1) is 0 Å². The number of carboxylic acid groups (broad SMARTS) is 1. The van der Waals surface area contributed by atoms with Crippen LogP contribution in [0.2, 0.25) is 0 Å². The number of carbonyl (C=O) groups is 2. The molecule has 4 N–H and O–H groups in total. The molecule has 0 radical (unpaired) electrons. The van der Waals surface area contributed by atoms with E-state index in [9.17, 15) is 19.8 Å². The number of carboxylic acids is 1. The first-order chi connectivity index (χ1) is 8.99. The second kappa shape index (κ2) is 5.17. The summed E-state index contributed by atoms with van der Waals surface area (Å²) in [6, 6.07) is 3.80. The molecule has 2 rings (SSSR count). The number of aromatic hydroxyl groups is 2. The second-order valence-electron chi connectivity index (χ2n) is 4.69. The van der Waals surface area contributed by atoms with E-state index in [1.165, 1.54) is 18.2 Å². The molecule has 0 bridgehead atoms. The molecule has 0 heterocycles. The highest BCUT2D eigenvalue weighted by molar-refractivity contribution is 5.99. The Morgan fingerprint density at radius 3 is 2.32 bits per heavy atom. The molecular weight excluding hydrogens is 250 g/mol. The molecule has 6 heteroatoms. The molecular formula is C13H15NO5. The van der Waals surface area contributed by atoms with Crippen molar-refractivity contribution in [3.63, 3.8) is 0 Å². The lowest BCUT2D eigenvalue weighted by molar-refractivity contribution is -0.141. The van der Waals surface area contributed by atoms with E-state index in [0.717, 1.165) is 0 Å². The molecule has 1 amide bonds. The van der Waals surface area contributed by atoms with Crippen LogP contribution in [0.25, 0.3) is 0 Å². The highest BCUT2D eigenvalue weighted by Gasteiger charge is 2.31. The Bertz CT molecular complexity index is 494. The van der Waals surface area contributed by atoms with Crippen molar-refractivity contribution in [3.05, 3.63) is 23.8 Å². The van der Waals surface area contributed by atoms with Gasteiger partial charge in [-0.25, -0.2) is 0 Å². The van der Waals surface area contributed by atoms with E-state index < -0.39 is 17.8 Å². The average molecular weight is 265 g/mol. The van der Waals surface area contributed by atoms with E-state index >= 15 is 0 Å². The van der Waals surface area contributed by atoms with Gasteiger partial charge >= 0.3 is 5.97 Å². The van der Waals surface area contributed by atoms with Gasteiger partial charge in [0.1, 0.15) is 17.1 Å². The summed E-state index contributed by atoms with van der Waals surface area (Å²) < 4.78 is 0. The normalized spacial score (nSPS) is 22.1. The van der Waals surface area contributed by atoms with Gasteiger partial charge in [0, 0.05) is 6.04 Å². The molecule has 0 unspecified atom stereocenters. The summed E-state index contributed by atoms with van der Waals surface area (Å²) in [7, 11) is 0. The number of phenols is 2. The summed E-state index contributed by atoms with van der Waals surface area (Å²) in [6.07, 6.45) is 1.47. The number of phenolic OH excluding ortho intramolecular Hbond substituents is 2. The number of benzene rings is 1. The van der Waals surface area contributed by atoms with Crippen molar-refractivity contribution in [2.24, 2.45) is 5.92 Å². The van der Waals surface area contributed by atoms with Crippen LogP contribution in [0.15, 0.2) is 18.2 Å². The van der Waals surface area contributed by atoms with Crippen molar-refractivity contribution in [1.29, 1.82) is 0 Å². The minimum atomic E-state index is -0.859. The van der Waals surface area contributed by atoms with Crippen LogP contribution in [0.5, 0.6) is 11.5 Å². The van der Waals surface area contributed by atoms with E-state index in [4.69, 9.17) is 5.11 Å². The van der Waals surface area contributed by atoms with Gasteiger partial charge in [0.25, 0.3) is 5.91 Å². The highest BCUT2D eigenvalue weighted by atomic mass is 16.4. The Hall–Kier alpha value is -2.24. The maximum atomic E-state index is 11.9. The monoisotopic (exact) mass is 265 g/mol. The molecule has 102 valence electrons. The van der Waals surface area contributed by atoms with Crippen LogP contribution in [0.4, 0.5) is 0 Å². The van der Waals surface area contributed by atoms with E-state index in [1.54, 1.807) is 0 Å². The van der Waals surface area contributed by atoms with Gasteiger partial charge in [-0.1, -0.05) is 6.07 Å². The fourth-order valence-electron chi connectivity index (χ4n) is 2.36. The second-order valence-corrected chi connectivity index (χ2v) is 4.69. The Labute approximate surface area is 109 Å². The third-order valence-corrected chi connectivity index (χ3v) is 3.36. The minimum Gasteiger partial charge on any atom is -0.507 e. The molecule has 1 aliphatic rings. The third-order valence-electron chi connectivity index (χ3n) is 3.36. The Kier molecular flexibility index (Phi) is 3.59. The molecule has 0 saturated heterocycles. The smallest absolute Gasteiger partial charge is 0.306 e. The maximum absolute atomic E-state index is 11.9. The molecule has 1 aromatic carbocycles. The lowest BCUT2D eigenvalue weighted by Gasteiger charge is -2.13. The number of aliphatic carboxylic acids is 1. The molecule has 1 saturated carbocycles. The van der Waals surface area contributed by atoms with Gasteiger partial charge < -0.3 is 20.6 Å². The van der Waals surface area contributed by atoms with E-state index in [0.29, 0.717) is 19.3 Å². The standard InChI is InChI=1S/C13H15NO5/c15-9-2-1-3-10(16)11(9)12(17)14-8-5-4-7(6-8)13(18)19/h1-3,7-8,15-16H,4-6H2,(H,14,17)(H,18,19)/t7-,8+/m1/s1. The Balaban J connectivity index is 2.05. The van der Waals surface area contributed by atoms with Crippen LogP contribution in [-0.4, -0.2) is 33.2 Å². The topological polar surface area (TPSA) is 107 Å². The third kappa shape index (κ3) is 2.78. The lowest BCUT2D eigenvalue weighted by Crippen LogP contribution is -2.33. The van der Waals surface area contributed by atoms with Crippen molar-refractivity contribution in [2.45, 2.75) is 25.3 Å². The van der Waals surface area contributed by atoms with Crippen LogP contribution in [0.3, 0.4) is 0 Å². The number of hydrogen-bond acceptors (Lipinski definition) is 4. The van der Waals surface area contributed by atoms with Gasteiger partial charge in [-0.2, -0.15) is 0 Å². The average Bonchev–Trinajstić information content (AvgIpc) is 2.77. The van der Waals surface area contributed by atoms with Gasteiger partial charge in [0.15, 0.2) is 0 Å². The predicted octanol–water partition coefficient (Wildman–Crippen LogP) is 1.08. The number of carbonyl (C=O) groups excluding carboxylic acids is 1. The van der Waals surface area contributed by atoms with Crippen molar-refractivity contribution in [2.75, 3.05) is 0 Å². The zero-order chi connectivity index (χ0) is 14.0. The first-order valence-corrected chi connectivity index (χ1v) is 6.03. The molecule has 0 spiro atoms. The van der Waals surface area contributed by atoms with Gasteiger partial charge in [-0.05, 0) is 31.4 Å². The molecule has 1 aliphatic carbocycles. The molecule has 2 atom stereocenters. The fourth-order valence-corrected chi connectivity index (χ4v) is 2.36. The van der Waals surface area contributed by atoms with Gasteiger partial charge in [-0.3, -0.25) is 9.59 Å². The number of rotatable bonds is 3. The lowest BCUT2D eigenvalue weighted by atomic mass is 10.1. The largest absolute Gasteiger partial charge is 0.507 e. The molecule has 0 aliphatic heterocycles. The SMILES string of the molecule is O=C(N[C@H]1CC[C@@H](C(=O)O)C1)c1c(O)cccc1O. The van der Waals surface area contributed by atoms with E-state index in [-0.39, 0.29) is 23.1 Å². The summed E-state index contributed by atoms with van der Waals surface area (Å²) in [5.74, 6) is -2.49. The molecule has 19 heavy (non-hydrogen) atoms. The van der Waals surface area contributed by atoms with Gasteiger partial charge in [0.05, 0.1) is 5.92 Å². The molecule has 1 aromatic rings. The highest BCUT2D eigenvalue weighted by Crippen LogP contribution is 2.29. The van der Waals surface area contributed by atoms with Crippen LogP contribution < -0.4 is 5.32 Å². The predicted molar refractivity (Wildman–Crippen MR) is 66.0 cm³/mol. The summed E-state index contributed by atoms with van der Waals surface area (Å²) in [4.78, 5) is 22.8. The maximum Gasteiger partial charge on any atom is 0.306 e. The minimum absolute atomic E-state index is 0.179. The summed E-state index contributed by atoms with van der Waals surface area (Å²) in [5.41, 5.74) is -0.179. The number of nitrogens with one attached hydrogen (secondary N) is 1. The zero-order valence-electron chi connectivity index (χ0n) is 10.2. The van der Waals surface area contributed by atoms with Crippen molar-refractivity contribution in [3.8, 4) is 11.5 Å². The van der Waals surface area contributed by atoms with E-state index in [2.05, 4.69) is 5.32 Å². The molecule has 0 aromatic heterocycles. The van der Waals surface area contributed by atoms with Crippen LogP contribution in [0.1, 0.15) is 29.6 Å². The van der Waals surface area contributed by atoms with Crippen LogP contribution in [0, 0.1) is 5.92 Å². The van der Waals surface area contributed by atoms with Crippen molar-refractivity contribution >= 4 is 11.9 Å². The quantitative estimate of drug-likeness (QED) is 0.654. The van der Waals surface area contributed by atoms with Crippen LogP contribution in [-0.2, 0) is 4.79 Å². The first-order valence-electron chi connectivity index (χ1n) is 6.03. The van der Waals surface area contributed by atoms with Crippen LogP contribution >= 0.6 is 0 Å². The summed E-state index contributed by atoms with van der Waals surface area (Å²) >= 11 is 0. The fraction of sp³-hybridized carbons (Fsp3) is 0.385.